The number of pyridine rings is 1. The van der Waals surface area contributed by atoms with Crippen LogP contribution in [0.2, 0.25) is 0 Å². The van der Waals surface area contributed by atoms with Crippen molar-refractivity contribution in [1.82, 2.24) is 4.98 Å². The lowest BCUT2D eigenvalue weighted by molar-refractivity contribution is -0.114. The lowest BCUT2D eigenvalue weighted by Gasteiger charge is -2.08. The zero-order chi connectivity index (χ0) is 17.6. The van der Waals surface area contributed by atoms with Crippen LogP contribution in [-0.2, 0) is 4.79 Å². The van der Waals surface area contributed by atoms with Gasteiger partial charge in [-0.2, -0.15) is 0 Å². The lowest BCUT2D eigenvalue weighted by atomic mass is 10.1. The molecule has 1 aromatic heterocycles. The van der Waals surface area contributed by atoms with Crippen LogP contribution in [0.25, 0.3) is 11.3 Å². The van der Waals surface area contributed by atoms with Crippen LogP contribution in [-0.4, -0.2) is 16.8 Å². The van der Waals surface area contributed by atoms with Crippen molar-refractivity contribution in [3.8, 4) is 11.3 Å². The van der Waals surface area contributed by atoms with E-state index in [9.17, 15) is 9.59 Å². The van der Waals surface area contributed by atoms with Crippen molar-refractivity contribution in [2.75, 3.05) is 10.6 Å². The molecule has 3 aromatic rings. The van der Waals surface area contributed by atoms with Gasteiger partial charge in [-0.3, -0.25) is 14.6 Å². The Hall–Kier alpha value is -3.47. The highest BCUT2D eigenvalue weighted by Gasteiger charge is 2.08. The summed E-state index contributed by atoms with van der Waals surface area (Å²) in [6, 6.07) is 20.3. The average molecular weight is 331 g/mol. The quantitative estimate of drug-likeness (QED) is 0.760. The lowest BCUT2D eigenvalue weighted by Crippen LogP contribution is -2.13. The molecule has 0 aliphatic heterocycles. The van der Waals surface area contributed by atoms with Crippen molar-refractivity contribution >= 4 is 23.2 Å². The van der Waals surface area contributed by atoms with Gasteiger partial charge in [0.05, 0.1) is 17.6 Å². The number of nitrogens with zero attached hydrogens (tertiary/aromatic N) is 1. The Kier molecular flexibility index (Phi) is 4.85. The molecule has 0 spiro atoms. The highest BCUT2D eigenvalue weighted by Crippen LogP contribution is 2.19. The monoisotopic (exact) mass is 331 g/mol. The van der Waals surface area contributed by atoms with Gasteiger partial charge in [-0.15, -0.1) is 0 Å². The van der Waals surface area contributed by atoms with Gasteiger partial charge < -0.3 is 10.6 Å². The van der Waals surface area contributed by atoms with Crippen LogP contribution in [0.4, 0.5) is 11.4 Å². The second-order valence-electron chi connectivity index (χ2n) is 5.51. The minimum atomic E-state index is -0.263. The van der Waals surface area contributed by atoms with Gasteiger partial charge in [-0.25, -0.2) is 0 Å². The number of hydrogen-bond donors (Lipinski definition) is 2. The van der Waals surface area contributed by atoms with Crippen molar-refractivity contribution in [3.63, 3.8) is 0 Å². The van der Waals surface area contributed by atoms with E-state index in [0.717, 1.165) is 11.3 Å². The fourth-order valence-corrected chi connectivity index (χ4v) is 2.39. The van der Waals surface area contributed by atoms with E-state index in [2.05, 4.69) is 15.6 Å². The summed E-state index contributed by atoms with van der Waals surface area (Å²) in [5, 5.41) is 5.46. The number of carbonyl (C=O) groups excluding carboxylic acids is 2. The first-order chi connectivity index (χ1) is 12.1. The molecule has 0 unspecified atom stereocenters. The third-order valence-corrected chi connectivity index (χ3v) is 3.54. The number of anilines is 2. The van der Waals surface area contributed by atoms with E-state index in [1.807, 2.05) is 42.5 Å². The first-order valence-corrected chi connectivity index (χ1v) is 7.82. The summed E-state index contributed by atoms with van der Waals surface area (Å²) in [4.78, 5) is 27.9. The standard InChI is InChI=1S/C20H17N3O2/c1-14(24)22-17-9-5-8-16(12-17)20(25)23-18-10-11-19(21-13-18)15-6-3-2-4-7-15/h2-13H,1H3,(H,22,24)(H,23,25). The summed E-state index contributed by atoms with van der Waals surface area (Å²) in [5.41, 5.74) is 3.50. The van der Waals surface area contributed by atoms with Gasteiger partial charge in [0.25, 0.3) is 5.91 Å². The Labute approximate surface area is 145 Å². The topological polar surface area (TPSA) is 71.1 Å². The molecule has 25 heavy (non-hydrogen) atoms. The summed E-state index contributed by atoms with van der Waals surface area (Å²) in [7, 11) is 0. The van der Waals surface area contributed by atoms with E-state index in [1.54, 1.807) is 30.5 Å². The number of aromatic nitrogens is 1. The van der Waals surface area contributed by atoms with Crippen molar-refractivity contribution in [3.05, 3.63) is 78.5 Å². The predicted octanol–water partition coefficient (Wildman–Crippen LogP) is 3.96. The molecule has 0 radical (unpaired) electrons. The van der Waals surface area contributed by atoms with Crippen LogP contribution >= 0.6 is 0 Å². The van der Waals surface area contributed by atoms with Crippen LogP contribution in [0.1, 0.15) is 17.3 Å². The van der Waals surface area contributed by atoms with Gasteiger partial charge in [-0.1, -0.05) is 36.4 Å². The maximum atomic E-state index is 12.4. The predicted molar refractivity (Wildman–Crippen MR) is 98.4 cm³/mol. The first-order valence-electron chi connectivity index (χ1n) is 7.82. The van der Waals surface area contributed by atoms with Crippen molar-refractivity contribution in [1.29, 1.82) is 0 Å². The summed E-state index contributed by atoms with van der Waals surface area (Å²) >= 11 is 0. The second kappa shape index (κ2) is 7.40. The van der Waals surface area contributed by atoms with Gasteiger partial charge in [-0.05, 0) is 30.3 Å². The maximum Gasteiger partial charge on any atom is 0.255 e. The van der Waals surface area contributed by atoms with E-state index in [4.69, 9.17) is 0 Å². The molecule has 0 saturated carbocycles. The highest BCUT2D eigenvalue weighted by molar-refractivity contribution is 6.05. The minimum Gasteiger partial charge on any atom is -0.326 e. The molecule has 0 aliphatic rings. The molecule has 3 rings (SSSR count). The minimum absolute atomic E-state index is 0.182. The van der Waals surface area contributed by atoms with Crippen LogP contribution in [0, 0.1) is 0 Å². The molecule has 0 aliphatic carbocycles. The van der Waals surface area contributed by atoms with Gasteiger partial charge in [0.15, 0.2) is 0 Å². The number of nitrogens with one attached hydrogen (secondary N) is 2. The molecule has 0 fully saturated rings. The van der Waals surface area contributed by atoms with E-state index >= 15 is 0 Å². The molecule has 2 N–H and O–H groups in total. The molecular weight excluding hydrogens is 314 g/mol. The molecule has 5 nitrogen and oxygen atoms in total. The molecule has 0 bridgehead atoms. The second-order valence-corrected chi connectivity index (χ2v) is 5.51. The summed E-state index contributed by atoms with van der Waals surface area (Å²) in [6.45, 7) is 1.42. The van der Waals surface area contributed by atoms with E-state index < -0.39 is 0 Å². The van der Waals surface area contributed by atoms with E-state index in [0.29, 0.717) is 16.9 Å². The number of hydrogen-bond acceptors (Lipinski definition) is 3. The molecule has 2 amide bonds. The average Bonchev–Trinajstić information content (AvgIpc) is 2.63. The van der Waals surface area contributed by atoms with Gasteiger partial charge >= 0.3 is 0 Å². The number of carbonyl (C=O) groups is 2. The number of amides is 2. The molecule has 2 aromatic carbocycles. The Morgan fingerprint density at radius 2 is 1.64 bits per heavy atom. The third kappa shape index (κ3) is 4.29. The Morgan fingerprint density at radius 3 is 2.32 bits per heavy atom. The number of rotatable bonds is 4. The van der Waals surface area contributed by atoms with Gasteiger partial charge in [0.2, 0.25) is 5.91 Å². The smallest absolute Gasteiger partial charge is 0.255 e. The molecule has 0 atom stereocenters. The van der Waals surface area contributed by atoms with E-state index in [1.165, 1.54) is 6.92 Å². The molecule has 0 saturated heterocycles. The fraction of sp³-hybridized carbons (Fsp3) is 0.0500. The Morgan fingerprint density at radius 1 is 0.840 bits per heavy atom. The van der Waals surface area contributed by atoms with Crippen LogP contribution in [0.15, 0.2) is 72.9 Å². The summed E-state index contributed by atoms with van der Waals surface area (Å²) in [6.07, 6.45) is 1.62. The first kappa shape index (κ1) is 16.4. The molecule has 124 valence electrons. The van der Waals surface area contributed by atoms with Gasteiger partial charge in [0.1, 0.15) is 0 Å². The van der Waals surface area contributed by atoms with Crippen molar-refractivity contribution in [2.45, 2.75) is 6.92 Å². The van der Waals surface area contributed by atoms with Crippen LogP contribution < -0.4 is 10.6 Å². The van der Waals surface area contributed by atoms with Crippen LogP contribution in [0.5, 0.6) is 0 Å². The molecule has 1 heterocycles. The largest absolute Gasteiger partial charge is 0.326 e. The number of benzene rings is 2. The zero-order valence-corrected chi connectivity index (χ0v) is 13.7. The summed E-state index contributed by atoms with van der Waals surface area (Å²) in [5.74, 6) is -0.445. The maximum absolute atomic E-state index is 12.4. The third-order valence-electron chi connectivity index (χ3n) is 3.54. The molecule has 5 heteroatoms. The SMILES string of the molecule is CC(=O)Nc1cccc(C(=O)Nc2ccc(-c3ccccc3)nc2)c1. The highest BCUT2D eigenvalue weighted by atomic mass is 16.2. The Bertz CT molecular complexity index is 890. The van der Waals surface area contributed by atoms with E-state index in [-0.39, 0.29) is 11.8 Å². The van der Waals surface area contributed by atoms with Crippen LogP contribution in [0.3, 0.4) is 0 Å². The fourth-order valence-electron chi connectivity index (χ4n) is 2.39. The summed E-state index contributed by atoms with van der Waals surface area (Å²) < 4.78 is 0. The normalized spacial score (nSPS) is 10.1. The Balaban J connectivity index is 1.72. The van der Waals surface area contributed by atoms with Gasteiger partial charge in [0, 0.05) is 23.7 Å². The molecular formula is C20H17N3O2. The van der Waals surface area contributed by atoms with Crippen molar-refractivity contribution < 1.29 is 9.59 Å². The van der Waals surface area contributed by atoms with Crippen molar-refractivity contribution in [2.24, 2.45) is 0 Å². The zero-order valence-electron chi connectivity index (χ0n) is 13.7.